The van der Waals surface area contributed by atoms with Crippen molar-refractivity contribution in [3.8, 4) is 6.07 Å². The standard InChI is InChI=1S/C24H26F3N3.C2H6/c1-3-19(14-28)22-13-20(24(25,26)27)15-29-23(22)30(21-7-5-4-6-8-21)16-18-11-9-17(2)10-12-18;1-2/h3,9-13,15,19,21H,1,4-8,16H2,2H3;1-2H3. The van der Waals surface area contributed by atoms with E-state index in [0.717, 1.165) is 55.5 Å². The lowest BCUT2D eigenvalue weighted by atomic mass is 9.92. The number of rotatable bonds is 6. The van der Waals surface area contributed by atoms with Crippen LogP contribution in [0.5, 0.6) is 0 Å². The van der Waals surface area contributed by atoms with Crippen molar-refractivity contribution in [1.29, 1.82) is 5.26 Å². The smallest absolute Gasteiger partial charge is 0.349 e. The highest BCUT2D eigenvalue weighted by Gasteiger charge is 2.34. The van der Waals surface area contributed by atoms with Gasteiger partial charge in [0.1, 0.15) is 5.82 Å². The first-order valence-corrected chi connectivity index (χ1v) is 11.2. The van der Waals surface area contributed by atoms with E-state index in [0.29, 0.717) is 12.4 Å². The summed E-state index contributed by atoms with van der Waals surface area (Å²) in [5.41, 5.74) is 1.63. The fourth-order valence-corrected chi connectivity index (χ4v) is 4.01. The summed E-state index contributed by atoms with van der Waals surface area (Å²) in [6.45, 7) is 10.2. The number of benzene rings is 1. The van der Waals surface area contributed by atoms with E-state index in [-0.39, 0.29) is 11.6 Å². The van der Waals surface area contributed by atoms with Crippen molar-refractivity contribution in [2.75, 3.05) is 4.90 Å². The van der Waals surface area contributed by atoms with Crippen LogP contribution < -0.4 is 4.90 Å². The fourth-order valence-electron chi connectivity index (χ4n) is 4.01. The maximum atomic E-state index is 13.3. The Morgan fingerprint density at radius 1 is 1.19 bits per heavy atom. The molecule has 0 spiro atoms. The molecule has 1 aromatic heterocycles. The van der Waals surface area contributed by atoms with Crippen molar-refractivity contribution < 1.29 is 13.2 Å². The van der Waals surface area contributed by atoms with E-state index >= 15 is 0 Å². The fraction of sp³-hybridized carbons (Fsp3) is 0.462. The molecule has 32 heavy (non-hydrogen) atoms. The zero-order chi connectivity index (χ0) is 23.7. The third-order valence-electron chi connectivity index (χ3n) is 5.69. The SMILES string of the molecule is C=CC(C#N)c1cc(C(F)(F)F)cnc1N(Cc1ccc(C)cc1)C1CCCCC1.CC. The van der Waals surface area contributed by atoms with Crippen molar-refractivity contribution in [3.05, 3.63) is 71.4 Å². The summed E-state index contributed by atoms with van der Waals surface area (Å²) in [5.74, 6) is -0.416. The van der Waals surface area contributed by atoms with Gasteiger partial charge in [0, 0.05) is 24.3 Å². The predicted octanol–water partition coefficient (Wildman–Crippen LogP) is 7.57. The largest absolute Gasteiger partial charge is 0.417 e. The van der Waals surface area contributed by atoms with Gasteiger partial charge in [-0.1, -0.05) is 69.0 Å². The Morgan fingerprint density at radius 3 is 2.34 bits per heavy atom. The van der Waals surface area contributed by atoms with Gasteiger partial charge in [-0.3, -0.25) is 0 Å². The highest BCUT2D eigenvalue weighted by atomic mass is 19.4. The van der Waals surface area contributed by atoms with Gasteiger partial charge in [-0.05, 0) is 31.4 Å². The maximum absolute atomic E-state index is 13.3. The van der Waals surface area contributed by atoms with E-state index in [2.05, 4.69) is 22.5 Å². The molecule has 1 saturated carbocycles. The Bertz CT molecular complexity index is 907. The minimum atomic E-state index is -4.52. The third kappa shape index (κ3) is 6.35. The number of hydrogen-bond donors (Lipinski definition) is 0. The van der Waals surface area contributed by atoms with Gasteiger partial charge in [0.15, 0.2) is 0 Å². The van der Waals surface area contributed by atoms with Gasteiger partial charge in [-0.2, -0.15) is 18.4 Å². The molecule has 1 aliphatic rings. The molecule has 1 aromatic carbocycles. The van der Waals surface area contributed by atoms with Crippen LogP contribution in [-0.4, -0.2) is 11.0 Å². The lowest BCUT2D eigenvalue weighted by molar-refractivity contribution is -0.137. The quantitative estimate of drug-likeness (QED) is 0.432. The van der Waals surface area contributed by atoms with Crippen LogP contribution in [0.2, 0.25) is 0 Å². The number of anilines is 1. The van der Waals surface area contributed by atoms with E-state index in [1.54, 1.807) is 0 Å². The summed E-state index contributed by atoms with van der Waals surface area (Å²) in [6.07, 6.45) is 2.97. The molecule has 172 valence electrons. The van der Waals surface area contributed by atoms with Crippen LogP contribution in [0.3, 0.4) is 0 Å². The number of hydrogen-bond acceptors (Lipinski definition) is 3. The summed E-state index contributed by atoms with van der Waals surface area (Å²) < 4.78 is 40.0. The zero-order valence-electron chi connectivity index (χ0n) is 19.1. The monoisotopic (exact) mass is 443 g/mol. The molecule has 3 nitrogen and oxygen atoms in total. The average Bonchev–Trinajstić information content (AvgIpc) is 2.81. The molecule has 0 N–H and O–H groups in total. The number of aryl methyl sites for hydroxylation is 1. The lowest BCUT2D eigenvalue weighted by Gasteiger charge is -2.37. The number of pyridine rings is 1. The van der Waals surface area contributed by atoms with Gasteiger partial charge in [0.25, 0.3) is 0 Å². The third-order valence-corrected chi connectivity index (χ3v) is 5.69. The van der Waals surface area contributed by atoms with Crippen LogP contribution in [0.1, 0.15) is 74.1 Å². The molecule has 2 aromatic rings. The van der Waals surface area contributed by atoms with Crippen LogP contribution >= 0.6 is 0 Å². The molecule has 0 amide bonds. The molecule has 3 rings (SSSR count). The molecule has 1 aliphatic carbocycles. The van der Waals surface area contributed by atoms with Gasteiger partial charge in [-0.15, -0.1) is 6.58 Å². The Kier molecular flexibility index (Phi) is 9.31. The summed E-state index contributed by atoms with van der Waals surface area (Å²) in [7, 11) is 0. The molecule has 1 atom stereocenters. The second kappa shape index (κ2) is 11.7. The second-order valence-corrected chi connectivity index (χ2v) is 7.88. The highest BCUT2D eigenvalue weighted by molar-refractivity contribution is 5.55. The number of aromatic nitrogens is 1. The van der Waals surface area contributed by atoms with Crippen molar-refractivity contribution in [2.24, 2.45) is 0 Å². The van der Waals surface area contributed by atoms with Crippen LogP contribution in [0.25, 0.3) is 0 Å². The van der Waals surface area contributed by atoms with Crippen molar-refractivity contribution in [2.45, 2.75) is 77.6 Å². The minimum Gasteiger partial charge on any atom is -0.349 e. The first kappa shape index (κ1) is 25.5. The van der Waals surface area contributed by atoms with Gasteiger partial charge in [0.2, 0.25) is 0 Å². The van der Waals surface area contributed by atoms with Crippen molar-refractivity contribution in [1.82, 2.24) is 4.98 Å². The molecular formula is C26H32F3N3. The van der Waals surface area contributed by atoms with Gasteiger partial charge >= 0.3 is 6.18 Å². The Labute approximate surface area is 189 Å². The van der Waals surface area contributed by atoms with Gasteiger partial charge in [-0.25, -0.2) is 4.98 Å². The van der Waals surface area contributed by atoms with E-state index in [9.17, 15) is 18.4 Å². The molecule has 1 unspecified atom stereocenters. The molecule has 0 aliphatic heterocycles. The molecule has 1 heterocycles. The van der Waals surface area contributed by atoms with Crippen LogP contribution in [-0.2, 0) is 12.7 Å². The predicted molar refractivity (Wildman–Crippen MR) is 123 cm³/mol. The Morgan fingerprint density at radius 2 is 1.81 bits per heavy atom. The number of alkyl halides is 3. The van der Waals surface area contributed by atoms with Gasteiger partial charge in [0.05, 0.1) is 17.6 Å². The summed E-state index contributed by atoms with van der Waals surface area (Å²) in [6, 6.07) is 11.4. The molecule has 0 saturated heterocycles. The molecule has 0 radical (unpaired) electrons. The molecular weight excluding hydrogens is 411 g/mol. The minimum absolute atomic E-state index is 0.173. The van der Waals surface area contributed by atoms with E-state index in [1.807, 2.05) is 45.0 Å². The summed E-state index contributed by atoms with van der Waals surface area (Å²) in [4.78, 5) is 6.35. The topological polar surface area (TPSA) is 39.9 Å². The molecule has 1 fully saturated rings. The average molecular weight is 444 g/mol. The van der Waals surface area contributed by atoms with Crippen molar-refractivity contribution in [3.63, 3.8) is 0 Å². The maximum Gasteiger partial charge on any atom is 0.417 e. The number of nitrogens with zero attached hydrogens (tertiary/aromatic N) is 3. The van der Waals surface area contributed by atoms with Crippen LogP contribution in [0.15, 0.2) is 49.2 Å². The Balaban J connectivity index is 0.00000176. The molecule has 6 heteroatoms. The van der Waals surface area contributed by atoms with Crippen LogP contribution in [0, 0.1) is 18.3 Å². The first-order chi connectivity index (χ1) is 15.3. The van der Waals surface area contributed by atoms with E-state index in [1.165, 1.54) is 6.08 Å². The highest BCUT2D eigenvalue weighted by Crippen LogP contribution is 2.37. The van der Waals surface area contributed by atoms with E-state index in [4.69, 9.17) is 0 Å². The lowest BCUT2D eigenvalue weighted by Crippen LogP contribution is -2.38. The number of allylic oxidation sites excluding steroid dienone is 1. The van der Waals surface area contributed by atoms with Crippen LogP contribution in [0.4, 0.5) is 19.0 Å². The second-order valence-electron chi connectivity index (χ2n) is 7.88. The zero-order valence-corrected chi connectivity index (χ0v) is 19.1. The summed E-state index contributed by atoms with van der Waals surface area (Å²) >= 11 is 0. The Hall–Kier alpha value is -2.81. The van der Waals surface area contributed by atoms with Gasteiger partial charge < -0.3 is 4.90 Å². The number of nitriles is 1. The summed E-state index contributed by atoms with van der Waals surface area (Å²) in [5, 5.41) is 9.56. The number of halogens is 3. The van der Waals surface area contributed by atoms with E-state index < -0.39 is 17.7 Å². The van der Waals surface area contributed by atoms with Crippen molar-refractivity contribution >= 4 is 5.82 Å². The first-order valence-electron chi connectivity index (χ1n) is 11.2. The molecule has 0 bridgehead atoms. The normalized spacial score (nSPS) is 15.2.